The molecule has 0 aromatic heterocycles. The fourth-order valence-corrected chi connectivity index (χ4v) is 6.11. The van der Waals surface area contributed by atoms with Gasteiger partial charge in [0.1, 0.15) is 19.0 Å². The molecule has 1 unspecified atom stereocenters. The topological polar surface area (TPSA) is 109 Å². The third kappa shape index (κ3) is 4.05. The Kier molecular flexibility index (Phi) is 6.97. The molecule has 10 nitrogen and oxygen atoms in total. The lowest BCUT2D eigenvalue weighted by molar-refractivity contribution is -0.144. The normalized spacial score (nSPS) is 23.8. The molecular weight excluding hydrogens is 514 g/mol. The third-order valence-corrected chi connectivity index (χ3v) is 8.10. The van der Waals surface area contributed by atoms with E-state index >= 15 is 0 Å². The second kappa shape index (κ2) is 10.6. The van der Waals surface area contributed by atoms with Crippen molar-refractivity contribution in [2.24, 2.45) is 0 Å². The summed E-state index contributed by atoms with van der Waals surface area (Å²) in [5.74, 6) is -1.54. The van der Waals surface area contributed by atoms with Crippen LogP contribution in [-0.2, 0) is 24.7 Å². The predicted octanol–water partition coefficient (Wildman–Crippen LogP) is 2.51. The second-order valence-corrected chi connectivity index (χ2v) is 10.4. The molecule has 6 rings (SSSR count). The average molecular weight is 548 g/mol. The van der Waals surface area contributed by atoms with Gasteiger partial charge in [0, 0.05) is 43.9 Å². The van der Waals surface area contributed by atoms with Gasteiger partial charge in [0.15, 0.2) is 17.0 Å². The van der Waals surface area contributed by atoms with E-state index in [9.17, 15) is 19.5 Å². The number of aliphatic hydroxyl groups is 1. The zero-order valence-corrected chi connectivity index (χ0v) is 22.6. The Labute approximate surface area is 232 Å². The maximum absolute atomic E-state index is 14.6. The summed E-state index contributed by atoms with van der Waals surface area (Å²) >= 11 is 0. The van der Waals surface area contributed by atoms with Crippen LogP contribution in [0.4, 0.5) is 5.69 Å². The molecule has 2 aromatic rings. The molecule has 2 fully saturated rings. The van der Waals surface area contributed by atoms with Gasteiger partial charge in [-0.2, -0.15) is 0 Å². The molecule has 2 aromatic carbocycles. The number of benzene rings is 2. The molecule has 210 valence electrons. The van der Waals surface area contributed by atoms with Gasteiger partial charge in [-0.25, -0.2) is 0 Å². The second-order valence-electron chi connectivity index (χ2n) is 10.4. The van der Waals surface area contributed by atoms with Crippen molar-refractivity contribution in [3.05, 3.63) is 59.2 Å². The van der Waals surface area contributed by atoms with E-state index in [1.807, 2.05) is 19.1 Å². The van der Waals surface area contributed by atoms with Gasteiger partial charge in [-0.3, -0.25) is 19.3 Å². The minimum absolute atomic E-state index is 0.143. The number of aliphatic hydroxyl groups excluding tert-OH is 1. The largest absolute Gasteiger partial charge is 0.507 e. The van der Waals surface area contributed by atoms with Crippen LogP contribution in [0.3, 0.4) is 0 Å². The van der Waals surface area contributed by atoms with Gasteiger partial charge in [-0.1, -0.05) is 31.5 Å². The first-order chi connectivity index (χ1) is 19.5. The highest BCUT2D eigenvalue weighted by atomic mass is 16.6. The Balaban J connectivity index is 1.52. The number of para-hydroxylation sites is 1. The summed E-state index contributed by atoms with van der Waals surface area (Å²) < 4.78 is 16.8. The quantitative estimate of drug-likeness (QED) is 0.320. The number of carbonyl (C=O) groups excluding carboxylic acids is 3. The first-order valence-corrected chi connectivity index (χ1v) is 13.9. The van der Waals surface area contributed by atoms with Crippen LogP contribution in [0.1, 0.15) is 30.9 Å². The summed E-state index contributed by atoms with van der Waals surface area (Å²) in [5, 5.41) is 11.8. The standard InChI is InChI=1S/C30H33N3O7/c1-2-3-10-32-22-7-5-4-6-21(22)30(29(32)37)25(26(34)20-8-9-23-24(19-20)40-18-17-39-23)27(35)28(36)33(30)12-11-31-13-15-38-16-14-31/h4-9,19,34H,2-3,10-18H2,1H3/b26-25+. The van der Waals surface area contributed by atoms with Crippen LogP contribution in [0, 0.1) is 0 Å². The number of hydrogen-bond acceptors (Lipinski definition) is 8. The number of fused-ring (bicyclic) bond motifs is 3. The van der Waals surface area contributed by atoms with Gasteiger partial charge in [-0.15, -0.1) is 0 Å². The predicted molar refractivity (Wildman–Crippen MR) is 146 cm³/mol. The molecule has 40 heavy (non-hydrogen) atoms. The van der Waals surface area contributed by atoms with E-state index in [1.165, 1.54) is 4.90 Å². The fraction of sp³-hybridized carbons (Fsp3) is 0.433. The number of unbranched alkanes of at least 4 members (excludes halogenated alkanes) is 1. The van der Waals surface area contributed by atoms with Gasteiger partial charge in [0.25, 0.3) is 17.6 Å². The van der Waals surface area contributed by atoms with Crippen LogP contribution in [-0.4, -0.2) is 91.7 Å². The fourth-order valence-electron chi connectivity index (χ4n) is 6.11. The number of amides is 2. The first-order valence-electron chi connectivity index (χ1n) is 13.9. The number of nitrogens with zero attached hydrogens (tertiary/aromatic N) is 3. The summed E-state index contributed by atoms with van der Waals surface area (Å²) in [6.07, 6.45) is 1.61. The van der Waals surface area contributed by atoms with Crippen LogP contribution < -0.4 is 14.4 Å². The minimum atomic E-state index is -1.78. The number of anilines is 1. The maximum Gasteiger partial charge on any atom is 0.296 e. The highest BCUT2D eigenvalue weighted by molar-refractivity contribution is 6.50. The van der Waals surface area contributed by atoms with Crippen molar-refractivity contribution in [1.29, 1.82) is 0 Å². The Morgan fingerprint density at radius 1 is 0.925 bits per heavy atom. The molecule has 0 saturated carbocycles. The third-order valence-electron chi connectivity index (χ3n) is 8.10. The zero-order chi connectivity index (χ0) is 27.9. The summed E-state index contributed by atoms with van der Waals surface area (Å²) in [7, 11) is 0. The summed E-state index contributed by atoms with van der Waals surface area (Å²) in [5.41, 5.74) is -0.550. The van der Waals surface area contributed by atoms with E-state index < -0.39 is 28.9 Å². The SMILES string of the molecule is CCCCN1C(=O)C2(/C(=C(/O)c3ccc4c(c3)OCCO4)C(=O)C(=O)N2CCN2CCOCC2)c2ccccc21. The van der Waals surface area contributed by atoms with Crippen molar-refractivity contribution in [1.82, 2.24) is 9.80 Å². The van der Waals surface area contributed by atoms with Crippen molar-refractivity contribution in [3.63, 3.8) is 0 Å². The van der Waals surface area contributed by atoms with Gasteiger partial charge < -0.3 is 29.1 Å². The number of likely N-dealkylation sites (tertiary alicyclic amines) is 1. The van der Waals surface area contributed by atoms with E-state index in [0.29, 0.717) is 75.4 Å². The van der Waals surface area contributed by atoms with Gasteiger partial charge >= 0.3 is 0 Å². The number of Topliss-reactive ketones (excluding diaryl/α,β-unsaturated/α-hetero) is 1. The van der Waals surface area contributed by atoms with Gasteiger partial charge in [-0.05, 0) is 30.7 Å². The van der Waals surface area contributed by atoms with Crippen LogP contribution >= 0.6 is 0 Å². The van der Waals surface area contributed by atoms with Gasteiger partial charge in [0.05, 0.1) is 24.5 Å². The lowest BCUT2D eigenvalue weighted by Gasteiger charge is -2.36. The van der Waals surface area contributed by atoms with Crippen LogP contribution in [0.2, 0.25) is 0 Å². The summed E-state index contributed by atoms with van der Waals surface area (Å²) in [4.78, 5) is 47.4. The van der Waals surface area contributed by atoms with Crippen molar-refractivity contribution < 1.29 is 33.7 Å². The zero-order valence-electron chi connectivity index (χ0n) is 22.6. The van der Waals surface area contributed by atoms with Crippen LogP contribution in [0.15, 0.2) is 48.0 Å². The molecule has 0 aliphatic carbocycles. The lowest BCUT2D eigenvalue weighted by atomic mass is 9.82. The minimum Gasteiger partial charge on any atom is -0.507 e. The molecule has 4 heterocycles. The smallest absolute Gasteiger partial charge is 0.296 e. The van der Waals surface area contributed by atoms with E-state index in [-0.39, 0.29) is 17.7 Å². The van der Waals surface area contributed by atoms with E-state index in [4.69, 9.17) is 14.2 Å². The Morgan fingerprint density at radius 2 is 1.68 bits per heavy atom. The highest BCUT2D eigenvalue weighted by Gasteiger charge is 2.67. The number of morpholine rings is 1. The molecule has 4 aliphatic rings. The van der Waals surface area contributed by atoms with E-state index in [2.05, 4.69) is 4.90 Å². The van der Waals surface area contributed by atoms with Gasteiger partial charge in [0.2, 0.25) is 0 Å². The van der Waals surface area contributed by atoms with E-state index in [1.54, 1.807) is 35.2 Å². The molecule has 2 amide bonds. The first kappa shape index (κ1) is 26.3. The molecule has 0 bridgehead atoms. The molecule has 1 spiro atoms. The van der Waals surface area contributed by atoms with E-state index in [0.717, 1.165) is 12.8 Å². The maximum atomic E-state index is 14.6. The van der Waals surface area contributed by atoms with Crippen LogP contribution in [0.5, 0.6) is 11.5 Å². The summed E-state index contributed by atoms with van der Waals surface area (Å²) in [6, 6.07) is 12.1. The number of ketones is 1. The Bertz CT molecular complexity index is 1380. The van der Waals surface area contributed by atoms with Crippen molar-refractivity contribution in [2.75, 3.05) is 64.1 Å². The average Bonchev–Trinajstić information content (AvgIpc) is 3.37. The Morgan fingerprint density at radius 3 is 2.45 bits per heavy atom. The number of ether oxygens (including phenoxy) is 3. The number of hydrogen-bond donors (Lipinski definition) is 1. The Hall–Kier alpha value is -3.89. The van der Waals surface area contributed by atoms with Crippen molar-refractivity contribution in [3.8, 4) is 11.5 Å². The molecule has 1 atom stereocenters. The molecule has 2 saturated heterocycles. The van der Waals surface area contributed by atoms with Crippen molar-refractivity contribution >= 4 is 29.0 Å². The number of rotatable bonds is 7. The molecule has 4 aliphatic heterocycles. The lowest BCUT2D eigenvalue weighted by Crippen LogP contribution is -2.54. The van der Waals surface area contributed by atoms with Crippen LogP contribution in [0.25, 0.3) is 5.76 Å². The molecule has 0 radical (unpaired) electrons. The molecule has 1 N–H and O–H groups in total. The monoisotopic (exact) mass is 547 g/mol. The molecular formula is C30H33N3O7. The summed E-state index contributed by atoms with van der Waals surface area (Å²) in [6.45, 7) is 6.40. The highest BCUT2D eigenvalue weighted by Crippen LogP contribution is 2.53. The molecule has 10 heteroatoms. The number of carbonyl (C=O) groups is 3. The van der Waals surface area contributed by atoms with Crippen molar-refractivity contribution in [2.45, 2.75) is 25.3 Å².